The molecule has 4 heterocycles. The molecular formula is C41H60FN5O11. The van der Waals surface area contributed by atoms with E-state index >= 15 is 4.39 Å². The highest BCUT2D eigenvalue weighted by Crippen LogP contribution is 2.37. The maximum absolute atomic E-state index is 16.7. The summed E-state index contributed by atoms with van der Waals surface area (Å²) in [5.74, 6) is -5.68. The van der Waals surface area contributed by atoms with E-state index in [0.29, 0.717) is 12.2 Å². The van der Waals surface area contributed by atoms with Crippen molar-refractivity contribution in [3.63, 3.8) is 0 Å². The van der Waals surface area contributed by atoms with Crippen LogP contribution < -0.4 is 5.73 Å². The lowest BCUT2D eigenvalue weighted by molar-refractivity contribution is -0.284. The quantitative estimate of drug-likeness (QED) is 0.199. The van der Waals surface area contributed by atoms with E-state index in [2.05, 4.69) is 10.3 Å². The Balaban J connectivity index is 1.56. The number of rotatable bonds is 8. The van der Waals surface area contributed by atoms with Gasteiger partial charge in [-0.3, -0.25) is 9.59 Å². The van der Waals surface area contributed by atoms with Crippen LogP contribution in [-0.2, 0) is 49.5 Å². The number of oxime groups is 1. The number of likely N-dealkylation sites (N-methyl/N-ethyl adjacent to an activating group) is 1. The van der Waals surface area contributed by atoms with Crippen LogP contribution in [0.1, 0.15) is 73.3 Å². The van der Waals surface area contributed by atoms with Gasteiger partial charge in [0.2, 0.25) is 0 Å². The number of ether oxygens (including phenoxy) is 5. The predicted octanol–water partition coefficient (Wildman–Crippen LogP) is 3.17. The number of hydrogen-bond donors (Lipinski definition) is 3. The van der Waals surface area contributed by atoms with E-state index in [4.69, 9.17) is 34.3 Å². The maximum atomic E-state index is 16.7. The first-order valence-corrected chi connectivity index (χ1v) is 19.9. The summed E-state index contributed by atoms with van der Waals surface area (Å²) in [5, 5.41) is 32.1. The van der Waals surface area contributed by atoms with Crippen LogP contribution in [0.2, 0.25) is 0 Å². The Kier molecular flexibility index (Phi) is 14.5. The van der Waals surface area contributed by atoms with Crippen LogP contribution in [0.15, 0.2) is 41.7 Å². The van der Waals surface area contributed by atoms with Crippen molar-refractivity contribution in [3.05, 3.63) is 42.1 Å². The molecule has 0 radical (unpaired) electrons. The van der Waals surface area contributed by atoms with Gasteiger partial charge in [-0.15, -0.1) is 0 Å². The lowest BCUT2D eigenvalue weighted by Gasteiger charge is -2.44. The number of aromatic nitrogens is 2. The largest absolute Gasteiger partial charge is 0.457 e. The first-order chi connectivity index (χ1) is 27.3. The molecule has 322 valence electrons. The zero-order chi connectivity index (χ0) is 42.7. The van der Waals surface area contributed by atoms with E-state index in [1.54, 1.807) is 37.7 Å². The number of esters is 1. The van der Waals surface area contributed by atoms with Crippen LogP contribution in [0.25, 0.3) is 5.69 Å². The van der Waals surface area contributed by atoms with Gasteiger partial charge in [0, 0.05) is 29.9 Å². The molecule has 3 aliphatic rings. The van der Waals surface area contributed by atoms with E-state index in [0.717, 1.165) is 18.2 Å². The van der Waals surface area contributed by atoms with Gasteiger partial charge in [0.1, 0.15) is 41.7 Å². The van der Waals surface area contributed by atoms with Crippen molar-refractivity contribution in [1.29, 1.82) is 0 Å². The molecular weight excluding hydrogens is 757 g/mol. The number of anilines is 1. The summed E-state index contributed by atoms with van der Waals surface area (Å²) >= 11 is 0. The maximum Gasteiger partial charge on any atom is 0.351 e. The third-order valence-electron chi connectivity index (χ3n) is 11.7. The highest BCUT2D eigenvalue weighted by atomic mass is 19.1. The molecule has 0 aliphatic carbocycles. The topological polar surface area (TPSA) is 206 Å². The standard InChI is InChI=1S/C41H60FN5O11/c1-10-31-41(7,52)37-24(4)33(48)22(2)17-30(53-20-27(21-54-37)45-55-19-26-11-13-28(14-12-26)47-32(43)15-16-44-47)35(25(5)36(50)40(6,42)39(51)57-31)58-38-34(49)29(46(8)9)18-23(3)56-38/h11-16,22-25,29-31,34-35,37-38,49,52H,10,17-21,43H2,1-9H3/b45-27-/t22-,23-,24+,25-,29+,30-,31-,34-,35-,37+,38+,40+,41-/m1/s1. The average Bonchev–Trinajstić information content (AvgIpc) is 3.61. The van der Waals surface area contributed by atoms with Gasteiger partial charge in [-0.25, -0.2) is 13.9 Å². The second-order valence-corrected chi connectivity index (χ2v) is 16.5. The number of benzene rings is 1. The fourth-order valence-electron chi connectivity index (χ4n) is 8.18. The minimum absolute atomic E-state index is 0.0101. The first kappa shape index (κ1) is 45.2. The van der Waals surface area contributed by atoms with Crippen LogP contribution in [0.5, 0.6) is 0 Å². The Hall–Kier alpha value is -3.84. The summed E-state index contributed by atoms with van der Waals surface area (Å²) in [6.45, 7) is 9.77. The molecule has 1 aromatic carbocycles. The lowest BCUT2D eigenvalue weighted by atomic mass is 9.77. The van der Waals surface area contributed by atoms with Crippen LogP contribution in [0.4, 0.5) is 10.2 Å². The highest BCUT2D eigenvalue weighted by Gasteiger charge is 2.54. The molecule has 3 fully saturated rings. The van der Waals surface area contributed by atoms with Gasteiger partial charge in [0.15, 0.2) is 12.1 Å². The number of hydrogen-bond acceptors (Lipinski definition) is 15. The minimum atomic E-state index is -3.20. The van der Waals surface area contributed by atoms with Crippen molar-refractivity contribution in [2.45, 2.75) is 135 Å². The van der Waals surface area contributed by atoms with Crippen molar-refractivity contribution in [3.8, 4) is 5.69 Å². The fraction of sp³-hybridized carbons (Fsp3) is 0.683. The summed E-state index contributed by atoms with van der Waals surface area (Å²) in [7, 11) is 3.62. The summed E-state index contributed by atoms with van der Waals surface area (Å²) in [6.07, 6.45) is -6.00. The molecule has 0 spiro atoms. The number of aliphatic hydroxyl groups excluding tert-OH is 1. The average molecular weight is 818 g/mol. The third kappa shape index (κ3) is 9.78. The Morgan fingerprint density at radius 3 is 2.33 bits per heavy atom. The van der Waals surface area contributed by atoms with Gasteiger partial charge in [-0.2, -0.15) is 5.10 Å². The summed E-state index contributed by atoms with van der Waals surface area (Å²) in [6, 6.07) is 8.61. The molecule has 1 aromatic heterocycles. The number of carbonyl (C=O) groups is 3. The Morgan fingerprint density at radius 2 is 1.71 bits per heavy atom. The molecule has 58 heavy (non-hydrogen) atoms. The molecule has 0 unspecified atom stereocenters. The number of ketones is 2. The minimum Gasteiger partial charge on any atom is -0.457 e. The van der Waals surface area contributed by atoms with Crippen LogP contribution >= 0.6 is 0 Å². The molecule has 2 bridgehead atoms. The molecule has 4 N–H and O–H groups in total. The van der Waals surface area contributed by atoms with Crippen molar-refractivity contribution in [2.24, 2.45) is 22.9 Å². The smallest absolute Gasteiger partial charge is 0.351 e. The summed E-state index contributed by atoms with van der Waals surface area (Å²) in [4.78, 5) is 49.7. The number of alkyl halides is 1. The molecule has 0 amide bonds. The van der Waals surface area contributed by atoms with Crippen LogP contribution in [-0.4, -0.2) is 136 Å². The normalized spacial score (nSPS) is 37.8. The first-order valence-electron chi connectivity index (χ1n) is 19.9. The Bertz CT molecular complexity index is 1770. The SMILES string of the molecule is CC[C@H]1OC(=O)[C@@](C)(F)C(=O)[C@H](C)[C@@H](O[C@@H]2O[C@H](C)C[C@H](N(C)C)[C@H]2O)[C@H]2C[C@@H](C)C(=O)[C@H](C)[C@H](OC/C(=N\OCc3ccc(-n4nccc4N)cc3)CO2)[C@]1(C)O. The van der Waals surface area contributed by atoms with Crippen LogP contribution in [0.3, 0.4) is 0 Å². The van der Waals surface area contributed by atoms with Gasteiger partial charge < -0.3 is 49.4 Å². The fourth-order valence-corrected chi connectivity index (χ4v) is 8.18. The lowest BCUT2D eigenvalue weighted by Crippen LogP contribution is -2.59. The van der Waals surface area contributed by atoms with E-state index < -0.39 is 83.6 Å². The number of aliphatic hydroxyl groups is 2. The van der Waals surface area contributed by atoms with Crippen molar-refractivity contribution in [2.75, 3.05) is 33.0 Å². The molecule has 0 saturated carbocycles. The third-order valence-corrected chi connectivity index (χ3v) is 11.7. The van der Waals surface area contributed by atoms with Gasteiger partial charge in [-0.1, -0.05) is 45.0 Å². The number of halogens is 1. The number of fused-ring (bicyclic) bond motifs is 5. The van der Waals surface area contributed by atoms with E-state index in [9.17, 15) is 24.6 Å². The second-order valence-electron chi connectivity index (χ2n) is 16.5. The number of nitrogen functional groups attached to an aromatic ring is 1. The molecule has 17 heteroatoms. The van der Waals surface area contributed by atoms with E-state index in [-0.39, 0.29) is 50.3 Å². The Morgan fingerprint density at radius 1 is 1.03 bits per heavy atom. The summed E-state index contributed by atoms with van der Waals surface area (Å²) < 4.78 is 49.2. The van der Waals surface area contributed by atoms with Crippen LogP contribution in [0, 0.1) is 17.8 Å². The molecule has 2 aromatic rings. The van der Waals surface area contributed by atoms with E-state index in [1.165, 1.54) is 13.8 Å². The van der Waals surface area contributed by atoms with E-state index in [1.807, 2.05) is 50.2 Å². The monoisotopic (exact) mass is 817 g/mol. The zero-order valence-corrected chi connectivity index (χ0v) is 34.9. The van der Waals surface area contributed by atoms with Gasteiger partial charge >= 0.3 is 5.97 Å². The second kappa shape index (κ2) is 18.6. The van der Waals surface area contributed by atoms with Gasteiger partial charge in [0.05, 0.1) is 49.5 Å². The molecule has 5 rings (SSSR count). The van der Waals surface area contributed by atoms with Crippen molar-refractivity contribution >= 4 is 29.1 Å². The zero-order valence-electron chi connectivity index (χ0n) is 34.9. The highest BCUT2D eigenvalue weighted by molar-refractivity contribution is 6.07. The molecule has 16 nitrogen and oxygen atoms in total. The number of cyclic esters (lactones) is 1. The molecule has 13 atom stereocenters. The number of Topliss-reactive ketones (excluding diaryl/α,β-unsaturated/α-hetero) is 2. The number of carbonyl (C=O) groups excluding carboxylic acids is 3. The Labute approximate surface area is 339 Å². The molecule has 3 aliphatic heterocycles. The number of nitrogens with zero attached hydrogens (tertiary/aromatic N) is 4. The summed E-state index contributed by atoms with van der Waals surface area (Å²) in [5.41, 5.74) is 2.48. The number of nitrogens with two attached hydrogens (primary N) is 1. The van der Waals surface area contributed by atoms with Crippen molar-refractivity contribution in [1.82, 2.24) is 14.7 Å². The van der Waals surface area contributed by atoms with Gasteiger partial charge in [0.25, 0.3) is 5.67 Å². The molecule has 3 saturated heterocycles. The predicted molar refractivity (Wildman–Crippen MR) is 209 cm³/mol. The van der Waals surface area contributed by atoms with Gasteiger partial charge in [-0.05, 0) is 71.8 Å². The van der Waals surface area contributed by atoms with Crippen molar-refractivity contribution < 1.29 is 57.5 Å².